The Hall–Kier alpha value is -2.44. The van der Waals surface area contributed by atoms with Crippen LogP contribution in [0, 0.1) is 28.4 Å². The maximum atomic E-state index is 14.2. The Bertz CT molecular complexity index is 1060. The molecule has 2 saturated heterocycles. The van der Waals surface area contributed by atoms with E-state index in [1.165, 1.54) is 6.20 Å². The minimum Gasteiger partial charge on any atom is -0.370 e. The van der Waals surface area contributed by atoms with Gasteiger partial charge in [0.05, 0.1) is 28.3 Å². The summed E-state index contributed by atoms with van der Waals surface area (Å²) < 4.78 is 30.3. The average molecular weight is 460 g/mol. The van der Waals surface area contributed by atoms with Gasteiger partial charge in [-0.05, 0) is 25.8 Å². The second-order valence-corrected chi connectivity index (χ2v) is 9.95. The van der Waals surface area contributed by atoms with E-state index in [1.54, 1.807) is 11.9 Å². The number of fused-ring (bicyclic) bond motifs is 1. The van der Waals surface area contributed by atoms with Gasteiger partial charge in [-0.3, -0.25) is 9.78 Å². The van der Waals surface area contributed by atoms with Crippen LogP contribution in [0.15, 0.2) is 18.3 Å². The summed E-state index contributed by atoms with van der Waals surface area (Å²) in [4.78, 5) is 21.6. The molecule has 2 aliphatic rings. The molecule has 0 bridgehead atoms. The van der Waals surface area contributed by atoms with Crippen molar-refractivity contribution in [1.29, 1.82) is 5.26 Å². The summed E-state index contributed by atoms with van der Waals surface area (Å²) in [6.45, 7) is 7.93. The molecule has 32 heavy (non-hydrogen) atoms. The van der Waals surface area contributed by atoms with Crippen molar-refractivity contribution < 1.29 is 13.6 Å². The third kappa shape index (κ3) is 4.39. The zero-order chi connectivity index (χ0) is 22.9. The molecule has 2 fully saturated rings. The highest BCUT2D eigenvalue weighted by Crippen LogP contribution is 2.37. The lowest BCUT2D eigenvalue weighted by atomic mass is 9.81. The summed E-state index contributed by atoms with van der Waals surface area (Å²) in [6, 6.07) is 4.59. The van der Waals surface area contributed by atoms with Crippen LogP contribution in [0.2, 0.25) is 0 Å². The van der Waals surface area contributed by atoms with E-state index in [0.29, 0.717) is 61.2 Å². The van der Waals surface area contributed by atoms with E-state index in [0.717, 1.165) is 31.0 Å². The maximum absolute atomic E-state index is 14.2. The summed E-state index contributed by atoms with van der Waals surface area (Å²) in [7, 11) is 0. The number of carbonyl (C=O) groups is 1. The zero-order valence-corrected chi connectivity index (χ0v) is 19.2. The minimum atomic E-state index is -0.964. The van der Waals surface area contributed by atoms with Gasteiger partial charge in [-0.25, -0.2) is 13.1 Å². The predicted octanol–water partition coefficient (Wildman–Crippen LogP) is 4.07. The molecule has 0 atom stereocenters. The lowest BCUT2D eigenvalue weighted by Crippen LogP contribution is -2.47. The molecule has 1 amide bonds. The molecule has 0 radical (unpaired) electrons. The number of piperidine rings is 1. The summed E-state index contributed by atoms with van der Waals surface area (Å²) >= 11 is 1.77. The van der Waals surface area contributed by atoms with Gasteiger partial charge in [-0.2, -0.15) is 5.26 Å². The van der Waals surface area contributed by atoms with Crippen molar-refractivity contribution >= 4 is 34.4 Å². The van der Waals surface area contributed by atoms with Gasteiger partial charge in [-0.1, -0.05) is 18.9 Å². The quantitative estimate of drug-likeness (QED) is 0.643. The van der Waals surface area contributed by atoms with Crippen LogP contribution in [0.25, 0.3) is 10.9 Å². The molecule has 4 rings (SSSR count). The molecule has 1 aromatic heterocycles. The van der Waals surface area contributed by atoms with Crippen LogP contribution in [0.3, 0.4) is 0 Å². The molecule has 0 N–H and O–H groups in total. The highest BCUT2D eigenvalue weighted by molar-refractivity contribution is 7.96. The first-order chi connectivity index (χ1) is 15.3. The van der Waals surface area contributed by atoms with Gasteiger partial charge in [0.1, 0.15) is 0 Å². The number of anilines is 1. The standard InChI is InChI=1S/C23H27F2N5OS/c1-3-32-30-10-8-29(9-11-30)22(31)17-14-27-20-13-19(25)18(24)12-16(20)21(17)28-6-4-23(2,15-26)5-7-28/h12-14H,3-11H2,1-2H3. The van der Waals surface area contributed by atoms with Gasteiger partial charge in [0.15, 0.2) is 11.6 Å². The first kappa shape index (κ1) is 22.7. The Kier molecular flexibility index (Phi) is 6.54. The van der Waals surface area contributed by atoms with Crippen LogP contribution >= 0.6 is 11.9 Å². The van der Waals surface area contributed by atoms with E-state index in [2.05, 4.69) is 22.3 Å². The highest BCUT2D eigenvalue weighted by atomic mass is 32.2. The van der Waals surface area contributed by atoms with Crippen LogP contribution in [0.5, 0.6) is 0 Å². The molecule has 1 aromatic carbocycles. The Labute approximate surface area is 191 Å². The Morgan fingerprint density at radius 1 is 1.16 bits per heavy atom. The molecule has 0 spiro atoms. The van der Waals surface area contributed by atoms with Gasteiger partial charge in [-0.15, -0.1) is 0 Å². The fraction of sp³-hybridized carbons (Fsp3) is 0.522. The van der Waals surface area contributed by atoms with E-state index in [9.17, 15) is 18.8 Å². The third-order valence-electron chi connectivity index (χ3n) is 6.40. The molecule has 6 nitrogen and oxygen atoms in total. The number of hydrogen-bond donors (Lipinski definition) is 0. The second-order valence-electron chi connectivity index (χ2n) is 8.60. The molecular formula is C23H27F2N5OS. The number of rotatable bonds is 4. The molecular weight excluding hydrogens is 432 g/mol. The molecule has 3 heterocycles. The van der Waals surface area contributed by atoms with Crippen molar-refractivity contribution in [2.75, 3.05) is 49.9 Å². The van der Waals surface area contributed by atoms with Crippen molar-refractivity contribution in [2.24, 2.45) is 5.41 Å². The molecule has 0 unspecified atom stereocenters. The van der Waals surface area contributed by atoms with Crippen LogP contribution in [-0.4, -0.2) is 65.1 Å². The first-order valence-electron chi connectivity index (χ1n) is 11.0. The summed E-state index contributed by atoms with van der Waals surface area (Å²) in [6.07, 6.45) is 2.76. The number of nitrogens with zero attached hydrogens (tertiary/aromatic N) is 5. The number of aromatic nitrogens is 1. The van der Waals surface area contributed by atoms with Crippen molar-refractivity contribution in [3.63, 3.8) is 0 Å². The van der Waals surface area contributed by atoms with Crippen LogP contribution in [-0.2, 0) is 0 Å². The van der Waals surface area contributed by atoms with Gasteiger partial charge in [0.25, 0.3) is 5.91 Å². The number of halogens is 2. The molecule has 2 aliphatic heterocycles. The van der Waals surface area contributed by atoms with Crippen molar-refractivity contribution in [1.82, 2.24) is 14.2 Å². The average Bonchev–Trinajstić information content (AvgIpc) is 2.80. The van der Waals surface area contributed by atoms with Gasteiger partial charge in [0, 0.05) is 62.7 Å². The van der Waals surface area contributed by atoms with E-state index < -0.39 is 17.0 Å². The summed E-state index contributed by atoms with van der Waals surface area (Å²) in [5, 5.41) is 9.91. The Morgan fingerprint density at radius 2 is 1.81 bits per heavy atom. The lowest BCUT2D eigenvalue weighted by molar-refractivity contribution is 0.0704. The lowest BCUT2D eigenvalue weighted by Gasteiger charge is -2.38. The summed E-state index contributed by atoms with van der Waals surface area (Å²) in [5.74, 6) is -1.08. The molecule has 0 aliphatic carbocycles. The topological polar surface area (TPSA) is 63.5 Å². The van der Waals surface area contributed by atoms with Crippen molar-refractivity contribution in [3.8, 4) is 6.07 Å². The van der Waals surface area contributed by atoms with Gasteiger partial charge < -0.3 is 9.80 Å². The predicted molar refractivity (Wildman–Crippen MR) is 122 cm³/mol. The van der Waals surface area contributed by atoms with Crippen LogP contribution < -0.4 is 4.90 Å². The number of hydrogen-bond acceptors (Lipinski definition) is 6. The smallest absolute Gasteiger partial charge is 0.257 e. The van der Waals surface area contributed by atoms with Gasteiger partial charge >= 0.3 is 0 Å². The maximum Gasteiger partial charge on any atom is 0.257 e. The molecule has 170 valence electrons. The zero-order valence-electron chi connectivity index (χ0n) is 18.4. The third-order valence-corrected chi connectivity index (χ3v) is 7.39. The number of nitriles is 1. The SMILES string of the molecule is CCSN1CCN(C(=O)c2cnc3cc(F)c(F)cc3c2N2CCC(C)(C#N)CC2)CC1. The molecule has 0 saturated carbocycles. The first-order valence-corrected chi connectivity index (χ1v) is 11.9. The molecule has 2 aromatic rings. The number of benzene rings is 1. The minimum absolute atomic E-state index is 0.145. The van der Waals surface area contributed by atoms with Gasteiger partial charge in [0.2, 0.25) is 0 Å². The summed E-state index contributed by atoms with van der Waals surface area (Å²) in [5.41, 5.74) is 0.881. The van der Waals surface area contributed by atoms with E-state index in [-0.39, 0.29) is 5.91 Å². The van der Waals surface area contributed by atoms with E-state index >= 15 is 0 Å². The molecule has 9 heteroatoms. The van der Waals surface area contributed by atoms with Crippen molar-refractivity contribution in [2.45, 2.75) is 26.7 Å². The fourth-order valence-corrected chi connectivity index (χ4v) is 5.17. The normalized spacial score (nSPS) is 19.2. The van der Waals surface area contributed by atoms with E-state index in [4.69, 9.17) is 0 Å². The number of piperazine rings is 1. The van der Waals surface area contributed by atoms with Crippen molar-refractivity contribution in [3.05, 3.63) is 35.5 Å². The Balaban J connectivity index is 1.71. The van der Waals surface area contributed by atoms with Crippen LogP contribution in [0.1, 0.15) is 37.0 Å². The number of carbonyl (C=O) groups excluding carboxylic acids is 1. The monoisotopic (exact) mass is 459 g/mol. The number of pyridine rings is 1. The highest BCUT2D eigenvalue weighted by Gasteiger charge is 2.33. The number of amides is 1. The second kappa shape index (κ2) is 9.20. The fourth-order valence-electron chi connectivity index (χ4n) is 4.38. The largest absolute Gasteiger partial charge is 0.370 e. The van der Waals surface area contributed by atoms with E-state index in [1.807, 2.05) is 16.7 Å². The Morgan fingerprint density at radius 3 is 2.44 bits per heavy atom. The van der Waals surface area contributed by atoms with Crippen LogP contribution in [0.4, 0.5) is 14.5 Å².